The van der Waals surface area contributed by atoms with Crippen molar-refractivity contribution in [2.45, 2.75) is 12.6 Å². The van der Waals surface area contributed by atoms with Gasteiger partial charge < -0.3 is 14.9 Å². The van der Waals surface area contributed by atoms with Crippen LogP contribution in [0, 0.1) is 5.82 Å². The normalized spacial score (nSPS) is 12.0. The van der Waals surface area contributed by atoms with E-state index < -0.39 is 17.8 Å². The molecule has 0 aliphatic heterocycles. The highest BCUT2D eigenvalue weighted by Gasteiger charge is 2.18. The fourth-order valence-corrected chi connectivity index (χ4v) is 2.44. The van der Waals surface area contributed by atoms with Crippen LogP contribution in [-0.2, 0) is 11.3 Å². The lowest BCUT2D eigenvalue weighted by molar-refractivity contribution is -0.129. The SMILES string of the molecule is O=C(NCc1cc(-c2cccc(Cl)c2)no1)[C@H](O)c1ccc(F)cc1. The molecule has 0 saturated carbocycles. The predicted molar refractivity (Wildman–Crippen MR) is 90.2 cm³/mol. The molecule has 128 valence electrons. The van der Waals surface area contributed by atoms with Gasteiger partial charge in [0.2, 0.25) is 0 Å². The summed E-state index contributed by atoms with van der Waals surface area (Å²) >= 11 is 5.94. The maximum atomic E-state index is 12.9. The Balaban J connectivity index is 1.62. The van der Waals surface area contributed by atoms with E-state index in [0.717, 1.165) is 5.56 Å². The first-order valence-corrected chi connectivity index (χ1v) is 7.83. The van der Waals surface area contributed by atoms with Gasteiger partial charge in [-0.25, -0.2) is 4.39 Å². The lowest BCUT2D eigenvalue weighted by atomic mass is 10.1. The van der Waals surface area contributed by atoms with Crippen LogP contribution in [0.2, 0.25) is 5.02 Å². The molecule has 0 fully saturated rings. The second-order valence-corrected chi connectivity index (χ2v) is 5.80. The minimum atomic E-state index is -1.39. The van der Waals surface area contributed by atoms with Gasteiger partial charge >= 0.3 is 0 Å². The van der Waals surface area contributed by atoms with Gasteiger partial charge in [-0.15, -0.1) is 0 Å². The number of carbonyl (C=O) groups is 1. The van der Waals surface area contributed by atoms with Crippen molar-refractivity contribution >= 4 is 17.5 Å². The molecule has 0 radical (unpaired) electrons. The van der Waals surface area contributed by atoms with Crippen molar-refractivity contribution in [3.63, 3.8) is 0 Å². The monoisotopic (exact) mass is 360 g/mol. The van der Waals surface area contributed by atoms with Crippen LogP contribution in [0.15, 0.2) is 59.1 Å². The summed E-state index contributed by atoms with van der Waals surface area (Å²) in [6.45, 7) is 0.0602. The molecule has 1 atom stereocenters. The molecular weight excluding hydrogens is 347 g/mol. The molecule has 1 aromatic heterocycles. The molecule has 1 heterocycles. The number of aliphatic hydroxyl groups excluding tert-OH is 1. The third-order valence-electron chi connectivity index (χ3n) is 3.55. The van der Waals surface area contributed by atoms with E-state index in [-0.39, 0.29) is 6.54 Å². The van der Waals surface area contributed by atoms with E-state index in [2.05, 4.69) is 10.5 Å². The van der Waals surface area contributed by atoms with E-state index in [0.29, 0.717) is 22.0 Å². The minimum absolute atomic E-state index is 0.0602. The Morgan fingerprint density at radius 3 is 2.72 bits per heavy atom. The zero-order valence-corrected chi connectivity index (χ0v) is 13.7. The number of hydrogen-bond acceptors (Lipinski definition) is 4. The highest BCUT2D eigenvalue weighted by atomic mass is 35.5. The highest BCUT2D eigenvalue weighted by molar-refractivity contribution is 6.30. The van der Waals surface area contributed by atoms with Gasteiger partial charge in [-0.1, -0.05) is 41.0 Å². The maximum absolute atomic E-state index is 12.9. The first-order valence-electron chi connectivity index (χ1n) is 7.46. The molecule has 25 heavy (non-hydrogen) atoms. The van der Waals surface area contributed by atoms with E-state index in [4.69, 9.17) is 16.1 Å². The van der Waals surface area contributed by atoms with Gasteiger partial charge in [0.05, 0.1) is 6.54 Å². The number of nitrogens with one attached hydrogen (secondary N) is 1. The Morgan fingerprint density at radius 2 is 2.00 bits per heavy atom. The molecule has 3 rings (SSSR count). The largest absolute Gasteiger partial charge is 0.378 e. The fraction of sp³-hybridized carbons (Fsp3) is 0.111. The molecule has 3 aromatic rings. The number of benzene rings is 2. The average Bonchev–Trinajstić information content (AvgIpc) is 3.09. The number of carbonyl (C=O) groups excluding carboxylic acids is 1. The fourth-order valence-electron chi connectivity index (χ4n) is 2.25. The Bertz CT molecular complexity index is 880. The molecule has 2 aromatic carbocycles. The molecule has 1 amide bonds. The molecule has 0 aliphatic rings. The molecule has 5 nitrogen and oxygen atoms in total. The van der Waals surface area contributed by atoms with Crippen LogP contribution >= 0.6 is 11.6 Å². The topological polar surface area (TPSA) is 75.4 Å². The highest BCUT2D eigenvalue weighted by Crippen LogP contribution is 2.22. The summed E-state index contributed by atoms with van der Waals surface area (Å²) < 4.78 is 18.0. The van der Waals surface area contributed by atoms with Crippen LogP contribution in [0.3, 0.4) is 0 Å². The van der Waals surface area contributed by atoms with Crippen LogP contribution in [0.25, 0.3) is 11.3 Å². The van der Waals surface area contributed by atoms with Gasteiger partial charge in [-0.05, 0) is 29.8 Å². The number of aromatic nitrogens is 1. The van der Waals surface area contributed by atoms with Crippen LogP contribution in [0.5, 0.6) is 0 Å². The minimum Gasteiger partial charge on any atom is -0.378 e. The smallest absolute Gasteiger partial charge is 0.253 e. The number of amides is 1. The molecule has 0 bridgehead atoms. The summed E-state index contributed by atoms with van der Waals surface area (Å²) in [5.74, 6) is -0.631. The molecule has 0 saturated heterocycles. The van der Waals surface area contributed by atoms with Gasteiger partial charge in [0.15, 0.2) is 11.9 Å². The van der Waals surface area contributed by atoms with Crippen molar-refractivity contribution in [1.82, 2.24) is 10.5 Å². The van der Waals surface area contributed by atoms with Gasteiger partial charge in [-0.3, -0.25) is 4.79 Å². The van der Waals surface area contributed by atoms with E-state index in [1.165, 1.54) is 24.3 Å². The zero-order chi connectivity index (χ0) is 17.8. The lowest BCUT2D eigenvalue weighted by Crippen LogP contribution is -2.28. The summed E-state index contributed by atoms with van der Waals surface area (Å²) in [5.41, 5.74) is 1.68. The number of rotatable bonds is 5. The summed E-state index contributed by atoms with van der Waals surface area (Å²) in [6, 6.07) is 13.9. The van der Waals surface area contributed by atoms with Crippen LogP contribution < -0.4 is 5.32 Å². The van der Waals surface area contributed by atoms with E-state index >= 15 is 0 Å². The Morgan fingerprint density at radius 1 is 1.24 bits per heavy atom. The van der Waals surface area contributed by atoms with Crippen LogP contribution in [0.4, 0.5) is 4.39 Å². The van der Waals surface area contributed by atoms with Crippen LogP contribution in [-0.4, -0.2) is 16.2 Å². The standard InChI is InChI=1S/C18H14ClFN2O3/c19-13-3-1-2-12(8-13)16-9-15(25-22-16)10-21-18(24)17(23)11-4-6-14(20)7-5-11/h1-9,17,23H,10H2,(H,21,24)/t17-/m1/s1. The van der Waals surface area contributed by atoms with Gasteiger partial charge in [0.25, 0.3) is 5.91 Å². The van der Waals surface area contributed by atoms with Crippen molar-refractivity contribution in [3.8, 4) is 11.3 Å². The second kappa shape index (κ2) is 7.46. The maximum Gasteiger partial charge on any atom is 0.253 e. The lowest BCUT2D eigenvalue weighted by Gasteiger charge is -2.10. The van der Waals surface area contributed by atoms with E-state index in [1.807, 2.05) is 6.07 Å². The van der Waals surface area contributed by atoms with E-state index in [1.54, 1.807) is 24.3 Å². The Hall–Kier alpha value is -2.70. The summed E-state index contributed by atoms with van der Waals surface area (Å²) in [4.78, 5) is 12.0. The number of halogens is 2. The quantitative estimate of drug-likeness (QED) is 0.730. The second-order valence-electron chi connectivity index (χ2n) is 5.36. The van der Waals surface area contributed by atoms with Gasteiger partial charge in [0, 0.05) is 16.7 Å². The van der Waals surface area contributed by atoms with Crippen LogP contribution in [0.1, 0.15) is 17.4 Å². The summed E-state index contributed by atoms with van der Waals surface area (Å²) in [6.07, 6.45) is -1.39. The third-order valence-corrected chi connectivity index (χ3v) is 3.79. The van der Waals surface area contributed by atoms with Crippen molar-refractivity contribution < 1.29 is 18.8 Å². The molecular formula is C18H14ClFN2O3. The third kappa shape index (κ3) is 4.23. The first-order chi connectivity index (χ1) is 12.0. The summed E-state index contributed by atoms with van der Waals surface area (Å²) in [5, 5.41) is 17.0. The first kappa shape index (κ1) is 17.1. The van der Waals surface area contributed by atoms with Crippen molar-refractivity contribution in [1.29, 1.82) is 0 Å². The Kier molecular flexibility index (Phi) is 5.11. The predicted octanol–water partition coefficient (Wildman–Crippen LogP) is 3.48. The molecule has 0 unspecified atom stereocenters. The number of hydrogen-bond donors (Lipinski definition) is 2. The molecule has 0 aliphatic carbocycles. The van der Waals surface area contributed by atoms with Gasteiger partial charge in [0.1, 0.15) is 11.5 Å². The van der Waals surface area contributed by atoms with E-state index in [9.17, 15) is 14.3 Å². The molecule has 7 heteroatoms. The number of aliphatic hydroxyl groups is 1. The summed E-state index contributed by atoms with van der Waals surface area (Å²) in [7, 11) is 0. The van der Waals surface area contributed by atoms with Crippen molar-refractivity contribution in [2.24, 2.45) is 0 Å². The molecule has 0 spiro atoms. The zero-order valence-electron chi connectivity index (χ0n) is 12.9. The van der Waals surface area contributed by atoms with Gasteiger partial charge in [-0.2, -0.15) is 0 Å². The number of nitrogens with zero attached hydrogens (tertiary/aromatic N) is 1. The van der Waals surface area contributed by atoms with Crippen molar-refractivity contribution in [3.05, 3.63) is 76.8 Å². The average molecular weight is 361 g/mol. The van der Waals surface area contributed by atoms with Crippen molar-refractivity contribution in [2.75, 3.05) is 0 Å². The Labute approximate surface area is 148 Å². The molecule has 2 N–H and O–H groups in total.